The molecular formula is C17H20Cl2FN3O2. The molecule has 1 aliphatic rings. The Bertz CT molecular complexity index is 663. The van der Waals surface area contributed by atoms with E-state index < -0.39 is 0 Å². The summed E-state index contributed by atoms with van der Waals surface area (Å²) in [6.45, 7) is 0.981. The number of carbonyl (C=O) groups excluding carboxylic acids is 1. The van der Waals surface area contributed by atoms with E-state index in [0.29, 0.717) is 23.7 Å². The maximum Gasteiger partial charge on any atom is 0.225 e. The number of hydrogen-bond donors (Lipinski definition) is 2. The van der Waals surface area contributed by atoms with E-state index in [1.165, 1.54) is 24.3 Å². The van der Waals surface area contributed by atoms with E-state index in [1.54, 1.807) is 18.3 Å². The summed E-state index contributed by atoms with van der Waals surface area (Å²) in [4.78, 5) is 16.1. The molecule has 5 nitrogen and oxygen atoms in total. The second-order valence-corrected chi connectivity index (χ2v) is 5.49. The first-order valence-corrected chi connectivity index (χ1v) is 7.62. The largest absolute Gasteiger partial charge is 0.439 e. The Morgan fingerprint density at radius 2 is 2.00 bits per heavy atom. The SMILES string of the molecule is Cl.Cl.O=C(CC1CCCN1)Nc1ccc(Oc2ccc(F)cc2)nc1. The third-order valence-corrected chi connectivity index (χ3v) is 3.65. The maximum absolute atomic E-state index is 12.8. The third-order valence-electron chi connectivity index (χ3n) is 3.65. The Morgan fingerprint density at radius 1 is 1.24 bits per heavy atom. The van der Waals surface area contributed by atoms with Crippen molar-refractivity contribution in [1.82, 2.24) is 10.3 Å². The minimum atomic E-state index is -0.319. The summed E-state index contributed by atoms with van der Waals surface area (Å²) >= 11 is 0. The zero-order valence-corrected chi connectivity index (χ0v) is 15.0. The van der Waals surface area contributed by atoms with Crippen LogP contribution in [0.4, 0.5) is 10.1 Å². The van der Waals surface area contributed by atoms with Gasteiger partial charge in [0.05, 0.1) is 11.9 Å². The molecule has 2 heterocycles. The zero-order chi connectivity index (χ0) is 16.1. The second-order valence-electron chi connectivity index (χ2n) is 5.49. The van der Waals surface area contributed by atoms with Crippen LogP contribution in [0.1, 0.15) is 19.3 Å². The fourth-order valence-electron chi connectivity index (χ4n) is 2.50. The number of pyridine rings is 1. The van der Waals surface area contributed by atoms with Crippen molar-refractivity contribution in [2.45, 2.75) is 25.3 Å². The van der Waals surface area contributed by atoms with Crippen LogP contribution in [0.15, 0.2) is 42.6 Å². The predicted molar refractivity (Wildman–Crippen MR) is 99.5 cm³/mol. The van der Waals surface area contributed by atoms with Crippen LogP contribution in [0.5, 0.6) is 11.6 Å². The molecule has 25 heavy (non-hydrogen) atoms. The minimum Gasteiger partial charge on any atom is -0.439 e. The van der Waals surface area contributed by atoms with E-state index in [4.69, 9.17) is 4.74 Å². The minimum absolute atomic E-state index is 0. The topological polar surface area (TPSA) is 63.2 Å². The number of ether oxygens (including phenoxy) is 1. The van der Waals surface area contributed by atoms with Crippen molar-refractivity contribution in [3.05, 3.63) is 48.4 Å². The molecule has 0 spiro atoms. The van der Waals surface area contributed by atoms with Gasteiger partial charge in [0.25, 0.3) is 0 Å². The fourth-order valence-corrected chi connectivity index (χ4v) is 2.50. The molecule has 1 aliphatic heterocycles. The Morgan fingerprint density at radius 3 is 2.60 bits per heavy atom. The highest BCUT2D eigenvalue weighted by Crippen LogP contribution is 2.20. The van der Waals surface area contributed by atoms with Gasteiger partial charge in [0.2, 0.25) is 11.8 Å². The van der Waals surface area contributed by atoms with Crippen molar-refractivity contribution in [1.29, 1.82) is 0 Å². The number of rotatable bonds is 5. The van der Waals surface area contributed by atoms with Crippen LogP contribution in [-0.2, 0) is 4.79 Å². The molecule has 2 aromatic rings. The smallest absolute Gasteiger partial charge is 0.225 e. The summed E-state index contributed by atoms with van der Waals surface area (Å²) in [5.41, 5.74) is 0.624. The molecule has 0 bridgehead atoms. The van der Waals surface area contributed by atoms with E-state index in [2.05, 4.69) is 15.6 Å². The molecular weight excluding hydrogens is 368 g/mol. The average Bonchev–Trinajstić information content (AvgIpc) is 3.04. The molecule has 1 aromatic carbocycles. The van der Waals surface area contributed by atoms with Gasteiger partial charge in [0.15, 0.2) is 0 Å². The predicted octanol–water partition coefficient (Wildman–Crippen LogP) is 3.94. The van der Waals surface area contributed by atoms with E-state index >= 15 is 0 Å². The molecule has 1 unspecified atom stereocenters. The number of hydrogen-bond acceptors (Lipinski definition) is 4. The lowest BCUT2D eigenvalue weighted by molar-refractivity contribution is -0.116. The van der Waals surface area contributed by atoms with E-state index in [0.717, 1.165) is 19.4 Å². The molecule has 1 atom stereocenters. The second kappa shape index (κ2) is 10.2. The van der Waals surface area contributed by atoms with Crippen molar-refractivity contribution in [2.24, 2.45) is 0 Å². The molecule has 136 valence electrons. The Balaban J connectivity index is 0.00000156. The van der Waals surface area contributed by atoms with Gasteiger partial charge in [-0.05, 0) is 49.7 Å². The standard InChI is InChI=1S/C17H18FN3O2.2ClH/c18-12-3-6-15(7-4-12)23-17-8-5-14(11-20-17)21-16(22)10-13-2-1-9-19-13;;/h3-8,11,13,19H,1-2,9-10H2,(H,21,22);2*1H. The lowest BCUT2D eigenvalue weighted by atomic mass is 10.1. The molecule has 1 saturated heterocycles. The first kappa shape index (κ1) is 21.2. The van der Waals surface area contributed by atoms with Gasteiger partial charge in [-0.2, -0.15) is 0 Å². The first-order valence-electron chi connectivity index (χ1n) is 7.62. The van der Waals surface area contributed by atoms with Crippen LogP contribution < -0.4 is 15.4 Å². The van der Waals surface area contributed by atoms with Gasteiger partial charge in [-0.15, -0.1) is 24.8 Å². The monoisotopic (exact) mass is 387 g/mol. The fraction of sp³-hybridized carbons (Fsp3) is 0.294. The summed E-state index contributed by atoms with van der Waals surface area (Å²) in [5.74, 6) is 0.536. The molecule has 0 saturated carbocycles. The van der Waals surface area contributed by atoms with Gasteiger partial charge in [0.1, 0.15) is 11.6 Å². The number of aromatic nitrogens is 1. The summed E-state index contributed by atoms with van der Waals surface area (Å²) in [6, 6.07) is 9.35. The Kier molecular flexibility index (Phi) is 8.61. The zero-order valence-electron chi connectivity index (χ0n) is 13.4. The number of carbonyl (C=O) groups is 1. The normalized spacial score (nSPS) is 15.6. The molecule has 0 radical (unpaired) electrons. The highest BCUT2D eigenvalue weighted by molar-refractivity contribution is 5.90. The number of benzene rings is 1. The van der Waals surface area contributed by atoms with Gasteiger partial charge < -0.3 is 15.4 Å². The molecule has 8 heteroatoms. The molecule has 1 fully saturated rings. The van der Waals surface area contributed by atoms with Crippen molar-refractivity contribution in [3.63, 3.8) is 0 Å². The number of nitrogens with one attached hydrogen (secondary N) is 2. The van der Waals surface area contributed by atoms with Crippen LogP contribution >= 0.6 is 24.8 Å². The Labute approximate surface area is 158 Å². The molecule has 2 N–H and O–H groups in total. The van der Waals surface area contributed by atoms with E-state index in [9.17, 15) is 9.18 Å². The maximum atomic E-state index is 12.8. The number of nitrogens with zero attached hydrogens (tertiary/aromatic N) is 1. The highest BCUT2D eigenvalue weighted by atomic mass is 35.5. The van der Waals surface area contributed by atoms with E-state index in [-0.39, 0.29) is 42.6 Å². The van der Waals surface area contributed by atoms with Crippen molar-refractivity contribution < 1.29 is 13.9 Å². The Hall–Kier alpha value is -1.89. The molecule has 0 aliphatic carbocycles. The summed E-state index contributed by atoms with van der Waals surface area (Å²) in [6.07, 6.45) is 4.16. The average molecular weight is 388 g/mol. The number of amides is 1. The van der Waals surface area contributed by atoms with Gasteiger partial charge in [-0.3, -0.25) is 4.79 Å². The first-order chi connectivity index (χ1) is 11.2. The van der Waals surface area contributed by atoms with E-state index in [1.807, 2.05) is 0 Å². The molecule has 3 rings (SSSR count). The number of halogens is 3. The summed E-state index contributed by atoms with van der Waals surface area (Å²) in [5, 5.41) is 6.11. The van der Waals surface area contributed by atoms with Crippen molar-refractivity contribution in [3.8, 4) is 11.6 Å². The van der Waals surface area contributed by atoms with Crippen LogP contribution in [0, 0.1) is 5.82 Å². The van der Waals surface area contributed by atoms with Crippen LogP contribution in [0.3, 0.4) is 0 Å². The van der Waals surface area contributed by atoms with Gasteiger partial charge in [-0.25, -0.2) is 9.37 Å². The summed E-state index contributed by atoms with van der Waals surface area (Å²) in [7, 11) is 0. The molecule has 1 aromatic heterocycles. The lowest BCUT2D eigenvalue weighted by Crippen LogP contribution is -2.27. The van der Waals surface area contributed by atoms with Gasteiger partial charge >= 0.3 is 0 Å². The molecule has 1 amide bonds. The summed E-state index contributed by atoms with van der Waals surface area (Å²) < 4.78 is 18.3. The van der Waals surface area contributed by atoms with Gasteiger partial charge in [0, 0.05) is 18.5 Å². The van der Waals surface area contributed by atoms with Crippen molar-refractivity contribution >= 4 is 36.4 Å². The van der Waals surface area contributed by atoms with Crippen LogP contribution in [-0.4, -0.2) is 23.5 Å². The van der Waals surface area contributed by atoms with Gasteiger partial charge in [-0.1, -0.05) is 0 Å². The third kappa shape index (κ3) is 6.49. The quantitative estimate of drug-likeness (QED) is 0.815. The van der Waals surface area contributed by atoms with Crippen LogP contribution in [0.2, 0.25) is 0 Å². The number of anilines is 1. The highest BCUT2D eigenvalue weighted by Gasteiger charge is 2.17. The van der Waals surface area contributed by atoms with Crippen LogP contribution in [0.25, 0.3) is 0 Å². The lowest BCUT2D eigenvalue weighted by Gasteiger charge is -2.10. The van der Waals surface area contributed by atoms with Crippen molar-refractivity contribution in [2.75, 3.05) is 11.9 Å².